The first kappa shape index (κ1) is 22.2. The molecule has 0 aliphatic carbocycles. The number of anilines is 2. The average molecular weight is 447 g/mol. The highest BCUT2D eigenvalue weighted by Gasteiger charge is 2.25. The van der Waals surface area contributed by atoms with Crippen molar-refractivity contribution in [2.75, 3.05) is 36.6 Å². The normalized spacial score (nSPS) is 12.5. The first-order valence-corrected chi connectivity index (χ1v) is 10.8. The molecule has 0 fully saturated rings. The summed E-state index contributed by atoms with van der Waals surface area (Å²) in [5.41, 5.74) is 2.42. The molecule has 0 radical (unpaired) electrons. The number of rotatable bonds is 9. The Hall–Kier alpha value is -4.00. The van der Waals surface area contributed by atoms with Crippen molar-refractivity contribution >= 4 is 23.2 Å². The van der Waals surface area contributed by atoms with Gasteiger partial charge in [0, 0.05) is 11.8 Å². The van der Waals surface area contributed by atoms with Crippen LogP contribution in [-0.2, 0) is 9.59 Å². The molecule has 33 heavy (non-hydrogen) atoms. The van der Waals surface area contributed by atoms with Crippen molar-refractivity contribution < 1.29 is 23.8 Å². The summed E-state index contributed by atoms with van der Waals surface area (Å²) in [6.45, 7) is 2.99. The van der Waals surface area contributed by atoms with Gasteiger partial charge in [-0.25, -0.2) is 0 Å². The van der Waals surface area contributed by atoms with Crippen molar-refractivity contribution in [3.05, 3.63) is 78.4 Å². The summed E-state index contributed by atoms with van der Waals surface area (Å²) < 4.78 is 16.9. The molecule has 1 aliphatic heterocycles. The van der Waals surface area contributed by atoms with E-state index in [1.165, 1.54) is 0 Å². The highest BCUT2D eigenvalue weighted by atomic mass is 16.5. The minimum atomic E-state index is -0.166. The van der Waals surface area contributed by atoms with E-state index in [4.69, 9.17) is 14.2 Å². The third-order valence-corrected chi connectivity index (χ3v) is 5.13. The van der Waals surface area contributed by atoms with E-state index in [-0.39, 0.29) is 31.4 Å². The first-order chi connectivity index (χ1) is 16.1. The van der Waals surface area contributed by atoms with E-state index in [0.29, 0.717) is 30.3 Å². The Morgan fingerprint density at radius 2 is 1.70 bits per heavy atom. The van der Waals surface area contributed by atoms with Crippen LogP contribution in [0.3, 0.4) is 0 Å². The number of nitrogens with one attached hydrogen (secondary N) is 1. The number of ether oxygens (including phenoxy) is 3. The number of para-hydroxylation sites is 1. The monoisotopic (exact) mass is 446 g/mol. The lowest BCUT2D eigenvalue weighted by molar-refractivity contribution is -0.121. The molecular weight excluding hydrogens is 420 g/mol. The van der Waals surface area contributed by atoms with Gasteiger partial charge >= 0.3 is 0 Å². The second-order valence-corrected chi connectivity index (χ2v) is 7.64. The molecule has 1 aliphatic rings. The number of hydrogen-bond acceptors (Lipinski definition) is 5. The zero-order chi connectivity index (χ0) is 23.0. The third-order valence-electron chi connectivity index (χ3n) is 5.13. The zero-order valence-corrected chi connectivity index (χ0v) is 18.5. The highest BCUT2D eigenvalue weighted by Crippen LogP contribution is 2.34. The first-order valence-electron chi connectivity index (χ1n) is 10.8. The van der Waals surface area contributed by atoms with Crippen LogP contribution in [0.2, 0.25) is 0 Å². The minimum absolute atomic E-state index is 0.0557. The molecule has 170 valence electrons. The summed E-state index contributed by atoms with van der Waals surface area (Å²) in [6.07, 6.45) is 0.216. The maximum atomic E-state index is 12.4. The van der Waals surface area contributed by atoms with Gasteiger partial charge in [-0.2, -0.15) is 0 Å². The fraction of sp³-hybridized carbons (Fsp3) is 0.231. The van der Waals surface area contributed by atoms with Crippen molar-refractivity contribution in [1.29, 1.82) is 0 Å². The number of carbonyl (C=O) groups is 2. The predicted molar refractivity (Wildman–Crippen MR) is 126 cm³/mol. The molecule has 2 amide bonds. The summed E-state index contributed by atoms with van der Waals surface area (Å²) in [4.78, 5) is 26.3. The maximum Gasteiger partial charge on any atom is 0.265 e. The molecule has 7 heteroatoms. The summed E-state index contributed by atoms with van der Waals surface area (Å²) in [5.74, 6) is 1.73. The number of aryl methyl sites for hydroxylation is 1. The van der Waals surface area contributed by atoms with Crippen LogP contribution in [0.5, 0.6) is 17.2 Å². The Bertz CT molecular complexity index is 1100. The van der Waals surface area contributed by atoms with Gasteiger partial charge in [0.15, 0.2) is 6.61 Å². The SMILES string of the molecule is Cc1ccc(OCCN2C(=O)COc3cc(NC(=O)CCOc4ccccc4)ccc32)cc1. The van der Waals surface area contributed by atoms with Gasteiger partial charge in [-0.1, -0.05) is 35.9 Å². The number of nitrogens with zero attached hydrogens (tertiary/aromatic N) is 1. The van der Waals surface area contributed by atoms with Gasteiger partial charge in [-0.05, 0) is 43.3 Å². The smallest absolute Gasteiger partial charge is 0.265 e. The van der Waals surface area contributed by atoms with Crippen LogP contribution >= 0.6 is 0 Å². The largest absolute Gasteiger partial charge is 0.493 e. The van der Waals surface area contributed by atoms with E-state index in [1.54, 1.807) is 23.1 Å². The second-order valence-electron chi connectivity index (χ2n) is 7.64. The summed E-state index contributed by atoms with van der Waals surface area (Å²) >= 11 is 0. The molecule has 1 N–H and O–H groups in total. The molecule has 1 heterocycles. The van der Waals surface area contributed by atoms with Gasteiger partial charge in [-0.15, -0.1) is 0 Å². The van der Waals surface area contributed by atoms with Gasteiger partial charge in [0.2, 0.25) is 5.91 Å². The molecule has 0 unspecified atom stereocenters. The van der Waals surface area contributed by atoms with Crippen LogP contribution in [0.25, 0.3) is 0 Å². The number of hydrogen-bond donors (Lipinski definition) is 1. The molecular formula is C26H26N2O5. The van der Waals surface area contributed by atoms with Crippen LogP contribution in [0.4, 0.5) is 11.4 Å². The van der Waals surface area contributed by atoms with Crippen LogP contribution in [0.15, 0.2) is 72.8 Å². The number of amides is 2. The standard InChI is InChI=1S/C26H26N2O5/c1-19-7-10-22(11-8-19)32-16-14-28-23-12-9-20(17-24(23)33-18-26(28)30)27-25(29)13-15-31-21-5-3-2-4-6-21/h2-12,17H,13-16,18H2,1H3,(H,27,29). The molecule has 0 aromatic heterocycles. The van der Waals surface area contributed by atoms with E-state index < -0.39 is 0 Å². The second kappa shape index (κ2) is 10.5. The van der Waals surface area contributed by atoms with Gasteiger partial charge in [0.25, 0.3) is 5.91 Å². The van der Waals surface area contributed by atoms with E-state index >= 15 is 0 Å². The van der Waals surface area contributed by atoms with Gasteiger partial charge in [-0.3, -0.25) is 9.59 Å². The van der Waals surface area contributed by atoms with Crippen LogP contribution < -0.4 is 24.4 Å². The zero-order valence-electron chi connectivity index (χ0n) is 18.5. The molecule has 0 bridgehead atoms. The van der Waals surface area contributed by atoms with E-state index in [0.717, 1.165) is 17.1 Å². The van der Waals surface area contributed by atoms with Crippen LogP contribution in [-0.4, -0.2) is 38.2 Å². The lowest BCUT2D eigenvalue weighted by Gasteiger charge is -2.29. The van der Waals surface area contributed by atoms with Crippen molar-refractivity contribution in [2.24, 2.45) is 0 Å². The minimum Gasteiger partial charge on any atom is -0.493 e. The van der Waals surface area contributed by atoms with E-state index in [9.17, 15) is 9.59 Å². The summed E-state index contributed by atoms with van der Waals surface area (Å²) in [5, 5.41) is 2.85. The van der Waals surface area contributed by atoms with Crippen molar-refractivity contribution in [3.63, 3.8) is 0 Å². The number of carbonyl (C=O) groups excluding carboxylic acids is 2. The Balaban J connectivity index is 1.31. The quantitative estimate of drug-likeness (QED) is 0.533. The van der Waals surface area contributed by atoms with Gasteiger partial charge in [0.05, 0.1) is 25.3 Å². The molecule has 0 spiro atoms. The Morgan fingerprint density at radius 1 is 0.970 bits per heavy atom. The van der Waals surface area contributed by atoms with Crippen LogP contribution in [0, 0.1) is 6.92 Å². The molecule has 7 nitrogen and oxygen atoms in total. The highest BCUT2D eigenvalue weighted by molar-refractivity contribution is 5.99. The lowest BCUT2D eigenvalue weighted by Crippen LogP contribution is -2.41. The lowest BCUT2D eigenvalue weighted by atomic mass is 10.2. The number of benzene rings is 3. The Kier molecular flexibility index (Phi) is 7.09. The number of fused-ring (bicyclic) bond motifs is 1. The van der Waals surface area contributed by atoms with Crippen LogP contribution in [0.1, 0.15) is 12.0 Å². The summed E-state index contributed by atoms with van der Waals surface area (Å²) in [6, 6.07) is 22.4. The van der Waals surface area contributed by atoms with Gasteiger partial charge in [0.1, 0.15) is 23.9 Å². The fourth-order valence-corrected chi connectivity index (χ4v) is 3.42. The molecule has 3 aromatic carbocycles. The molecule has 0 atom stereocenters. The maximum absolute atomic E-state index is 12.4. The van der Waals surface area contributed by atoms with E-state index in [1.807, 2.05) is 61.5 Å². The fourth-order valence-electron chi connectivity index (χ4n) is 3.42. The molecule has 3 aromatic rings. The Labute approximate surface area is 192 Å². The van der Waals surface area contributed by atoms with Crippen molar-refractivity contribution in [2.45, 2.75) is 13.3 Å². The Morgan fingerprint density at radius 3 is 2.48 bits per heavy atom. The van der Waals surface area contributed by atoms with Crippen molar-refractivity contribution in [3.8, 4) is 17.2 Å². The average Bonchev–Trinajstić information content (AvgIpc) is 2.82. The molecule has 0 saturated heterocycles. The van der Waals surface area contributed by atoms with Gasteiger partial charge < -0.3 is 24.4 Å². The topological polar surface area (TPSA) is 77.1 Å². The van der Waals surface area contributed by atoms with Crippen molar-refractivity contribution in [1.82, 2.24) is 0 Å². The predicted octanol–water partition coefficient (Wildman–Crippen LogP) is 4.21. The van der Waals surface area contributed by atoms with E-state index in [2.05, 4.69) is 5.32 Å². The molecule has 4 rings (SSSR count). The summed E-state index contributed by atoms with van der Waals surface area (Å²) in [7, 11) is 0. The third kappa shape index (κ3) is 6.04. The molecule has 0 saturated carbocycles.